The summed E-state index contributed by atoms with van der Waals surface area (Å²) in [5, 5.41) is 8.44. The van der Waals surface area contributed by atoms with Gasteiger partial charge in [-0.05, 0) is 55.3 Å². The highest BCUT2D eigenvalue weighted by atomic mass is 15.1. The van der Waals surface area contributed by atoms with Crippen LogP contribution in [0.1, 0.15) is 11.1 Å². The van der Waals surface area contributed by atoms with Crippen molar-refractivity contribution in [3.05, 3.63) is 53.6 Å². The van der Waals surface area contributed by atoms with Gasteiger partial charge in [0.15, 0.2) is 0 Å². The molecule has 3 nitrogen and oxygen atoms in total. The first-order valence-corrected chi connectivity index (χ1v) is 5.50. The van der Waals surface area contributed by atoms with Gasteiger partial charge in [0.05, 0.1) is 11.4 Å². The molecule has 2 aromatic carbocycles. The normalized spacial score (nSPS) is 10.9. The number of hydrogen-bond acceptors (Lipinski definition) is 3. The number of azo groups is 1. The molecule has 0 aliphatic rings. The molecule has 0 aliphatic heterocycles. The molecular weight excluding hydrogens is 210 g/mol. The average Bonchev–Trinajstić information content (AvgIpc) is 2.28. The zero-order valence-corrected chi connectivity index (χ0v) is 10.0. The Hall–Kier alpha value is -2.16. The maximum atomic E-state index is 5.68. The molecule has 0 spiro atoms. The Morgan fingerprint density at radius 2 is 1.76 bits per heavy atom. The molecule has 0 fully saturated rings. The van der Waals surface area contributed by atoms with Crippen LogP contribution in [0, 0.1) is 13.8 Å². The first-order chi connectivity index (χ1) is 8.15. The van der Waals surface area contributed by atoms with Crippen molar-refractivity contribution in [2.75, 3.05) is 5.73 Å². The van der Waals surface area contributed by atoms with Gasteiger partial charge in [-0.25, -0.2) is 0 Å². The number of anilines is 1. The van der Waals surface area contributed by atoms with Crippen LogP contribution in [0.25, 0.3) is 0 Å². The SMILES string of the molecule is Cc1cccc(N=Nc2ccc(N)cc2C)c1. The van der Waals surface area contributed by atoms with E-state index < -0.39 is 0 Å². The smallest absolute Gasteiger partial charge is 0.0887 e. The maximum absolute atomic E-state index is 5.68. The van der Waals surface area contributed by atoms with Gasteiger partial charge < -0.3 is 5.73 Å². The van der Waals surface area contributed by atoms with E-state index in [2.05, 4.69) is 10.2 Å². The molecule has 86 valence electrons. The third-order valence-electron chi connectivity index (χ3n) is 2.50. The third-order valence-corrected chi connectivity index (χ3v) is 2.50. The summed E-state index contributed by atoms with van der Waals surface area (Å²) >= 11 is 0. The monoisotopic (exact) mass is 225 g/mol. The summed E-state index contributed by atoms with van der Waals surface area (Å²) in [6.45, 7) is 4.01. The lowest BCUT2D eigenvalue weighted by molar-refractivity contribution is 1.20. The fourth-order valence-corrected chi connectivity index (χ4v) is 1.59. The van der Waals surface area contributed by atoms with Gasteiger partial charge in [0.1, 0.15) is 0 Å². The van der Waals surface area contributed by atoms with Gasteiger partial charge in [-0.2, -0.15) is 10.2 Å². The first kappa shape index (κ1) is 11.3. The first-order valence-electron chi connectivity index (χ1n) is 5.50. The zero-order chi connectivity index (χ0) is 12.3. The van der Waals surface area contributed by atoms with E-state index in [4.69, 9.17) is 5.73 Å². The summed E-state index contributed by atoms with van der Waals surface area (Å²) in [7, 11) is 0. The number of benzene rings is 2. The van der Waals surface area contributed by atoms with E-state index in [1.54, 1.807) is 0 Å². The molecule has 0 unspecified atom stereocenters. The van der Waals surface area contributed by atoms with Crippen molar-refractivity contribution in [1.29, 1.82) is 0 Å². The largest absolute Gasteiger partial charge is 0.399 e. The highest BCUT2D eigenvalue weighted by Crippen LogP contribution is 2.23. The Morgan fingerprint density at radius 3 is 2.47 bits per heavy atom. The van der Waals surface area contributed by atoms with Crippen LogP contribution in [-0.2, 0) is 0 Å². The lowest BCUT2D eigenvalue weighted by atomic mass is 10.2. The lowest BCUT2D eigenvalue weighted by Gasteiger charge is -2.00. The molecule has 3 heteroatoms. The Labute approximate surface area is 101 Å². The topological polar surface area (TPSA) is 50.7 Å². The minimum atomic E-state index is 0.747. The minimum absolute atomic E-state index is 0.747. The average molecular weight is 225 g/mol. The van der Waals surface area contributed by atoms with Crippen molar-refractivity contribution in [2.24, 2.45) is 10.2 Å². The summed E-state index contributed by atoms with van der Waals surface area (Å²) < 4.78 is 0. The highest BCUT2D eigenvalue weighted by Gasteiger charge is 1.97. The van der Waals surface area contributed by atoms with Gasteiger partial charge in [-0.3, -0.25) is 0 Å². The van der Waals surface area contributed by atoms with Crippen LogP contribution in [0.4, 0.5) is 17.1 Å². The second kappa shape index (κ2) is 4.78. The molecule has 2 rings (SSSR count). The molecule has 0 radical (unpaired) electrons. The van der Waals surface area contributed by atoms with Crippen molar-refractivity contribution in [3.8, 4) is 0 Å². The molecule has 0 aliphatic carbocycles. The molecule has 2 N–H and O–H groups in total. The molecule has 0 aromatic heterocycles. The van der Waals surface area contributed by atoms with E-state index in [1.165, 1.54) is 5.56 Å². The third kappa shape index (κ3) is 2.91. The van der Waals surface area contributed by atoms with Crippen LogP contribution in [0.15, 0.2) is 52.7 Å². The Balaban J connectivity index is 2.26. The van der Waals surface area contributed by atoms with E-state index in [1.807, 2.05) is 56.3 Å². The number of nitrogens with two attached hydrogens (primary N) is 1. The predicted octanol–water partition coefficient (Wildman–Crippen LogP) is 4.30. The van der Waals surface area contributed by atoms with Crippen LogP contribution in [0.5, 0.6) is 0 Å². The molecule has 0 bridgehead atoms. The molecule has 17 heavy (non-hydrogen) atoms. The van der Waals surface area contributed by atoms with Crippen LogP contribution in [0.2, 0.25) is 0 Å². The number of aryl methyl sites for hydroxylation is 2. The lowest BCUT2D eigenvalue weighted by Crippen LogP contribution is -1.84. The molecule has 0 heterocycles. The molecular formula is C14H15N3. The van der Waals surface area contributed by atoms with Crippen LogP contribution >= 0.6 is 0 Å². The summed E-state index contributed by atoms with van der Waals surface area (Å²) in [5.41, 5.74) is 10.3. The Kier molecular flexibility index (Phi) is 3.19. The van der Waals surface area contributed by atoms with Crippen LogP contribution in [-0.4, -0.2) is 0 Å². The Bertz CT molecular complexity index is 559. The van der Waals surface area contributed by atoms with Crippen molar-refractivity contribution >= 4 is 17.1 Å². The molecule has 0 saturated heterocycles. The van der Waals surface area contributed by atoms with Gasteiger partial charge >= 0.3 is 0 Å². The second-order valence-electron chi connectivity index (χ2n) is 4.08. The molecule has 2 aromatic rings. The van der Waals surface area contributed by atoms with Crippen molar-refractivity contribution in [1.82, 2.24) is 0 Å². The fourth-order valence-electron chi connectivity index (χ4n) is 1.59. The maximum Gasteiger partial charge on any atom is 0.0887 e. The number of hydrogen-bond donors (Lipinski definition) is 1. The number of rotatable bonds is 2. The van der Waals surface area contributed by atoms with Gasteiger partial charge in [0, 0.05) is 5.69 Å². The fraction of sp³-hybridized carbons (Fsp3) is 0.143. The minimum Gasteiger partial charge on any atom is -0.399 e. The second-order valence-corrected chi connectivity index (χ2v) is 4.08. The van der Waals surface area contributed by atoms with E-state index in [0.717, 1.165) is 22.6 Å². The zero-order valence-electron chi connectivity index (χ0n) is 10.0. The summed E-state index contributed by atoms with van der Waals surface area (Å²) in [6, 6.07) is 13.5. The van der Waals surface area contributed by atoms with E-state index in [0.29, 0.717) is 0 Å². The summed E-state index contributed by atoms with van der Waals surface area (Å²) in [5.74, 6) is 0. The van der Waals surface area contributed by atoms with E-state index in [-0.39, 0.29) is 0 Å². The summed E-state index contributed by atoms with van der Waals surface area (Å²) in [6.07, 6.45) is 0. The molecule has 0 atom stereocenters. The van der Waals surface area contributed by atoms with Gasteiger partial charge in [0.25, 0.3) is 0 Å². The number of nitrogen functional groups attached to an aromatic ring is 1. The van der Waals surface area contributed by atoms with Crippen LogP contribution in [0.3, 0.4) is 0 Å². The summed E-state index contributed by atoms with van der Waals surface area (Å²) in [4.78, 5) is 0. The van der Waals surface area contributed by atoms with Gasteiger partial charge in [-0.15, -0.1) is 0 Å². The predicted molar refractivity (Wildman–Crippen MR) is 70.9 cm³/mol. The Morgan fingerprint density at radius 1 is 0.941 bits per heavy atom. The molecule has 0 amide bonds. The van der Waals surface area contributed by atoms with Crippen molar-refractivity contribution in [2.45, 2.75) is 13.8 Å². The quantitative estimate of drug-likeness (QED) is 0.601. The van der Waals surface area contributed by atoms with Gasteiger partial charge in [0.2, 0.25) is 0 Å². The highest BCUT2D eigenvalue weighted by molar-refractivity contribution is 5.54. The number of nitrogens with zero attached hydrogens (tertiary/aromatic N) is 2. The van der Waals surface area contributed by atoms with Crippen molar-refractivity contribution < 1.29 is 0 Å². The van der Waals surface area contributed by atoms with Crippen LogP contribution < -0.4 is 5.73 Å². The van der Waals surface area contributed by atoms with Gasteiger partial charge in [-0.1, -0.05) is 12.1 Å². The van der Waals surface area contributed by atoms with E-state index >= 15 is 0 Å². The standard InChI is InChI=1S/C14H15N3/c1-10-4-3-5-13(8-10)16-17-14-7-6-12(15)9-11(14)2/h3-9H,15H2,1-2H3. The molecule has 0 saturated carbocycles. The van der Waals surface area contributed by atoms with E-state index in [9.17, 15) is 0 Å². The van der Waals surface area contributed by atoms with Crippen molar-refractivity contribution in [3.63, 3.8) is 0 Å².